The number of rotatable bonds is 4. The number of nitrogens with one attached hydrogen (secondary N) is 1. The summed E-state index contributed by atoms with van der Waals surface area (Å²) >= 11 is 0. The molecule has 0 saturated carbocycles. The second-order valence-electron chi connectivity index (χ2n) is 6.84. The van der Waals surface area contributed by atoms with Crippen LogP contribution in [0, 0.1) is 5.92 Å². The molecule has 0 radical (unpaired) electrons. The number of piperazine rings is 1. The largest absolute Gasteiger partial charge is 0.335 e. The standard InChI is InChI=1S/C15H29N3O/c1-15(2)12-16-8-10-18(15)14(19)6-4-5-13-7-9-17(3)11-13/h13,16H,4-12H2,1-3H3. The molecule has 0 bridgehead atoms. The quantitative estimate of drug-likeness (QED) is 0.834. The molecule has 0 spiro atoms. The monoisotopic (exact) mass is 267 g/mol. The molecule has 2 heterocycles. The second kappa shape index (κ2) is 6.23. The van der Waals surface area contributed by atoms with E-state index in [4.69, 9.17) is 0 Å². The van der Waals surface area contributed by atoms with E-state index in [1.807, 2.05) is 0 Å². The minimum absolute atomic E-state index is 0.0249. The van der Waals surface area contributed by atoms with Gasteiger partial charge in [0, 0.05) is 38.1 Å². The molecule has 110 valence electrons. The molecule has 0 aromatic heterocycles. The van der Waals surface area contributed by atoms with Gasteiger partial charge in [0.25, 0.3) is 0 Å². The van der Waals surface area contributed by atoms with Crippen molar-refractivity contribution in [3.8, 4) is 0 Å². The van der Waals surface area contributed by atoms with Crippen LogP contribution in [0.15, 0.2) is 0 Å². The van der Waals surface area contributed by atoms with Crippen LogP contribution in [0.25, 0.3) is 0 Å². The molecule has 2 fully saturated rings. The van der Waals surface area contributed by atoms with Crippen molar-refractivity contribution in [2.24, 2.45) is 5.92 Å². The van der Waals surface area contributed by atoms with Crippen molar-refractivity contribution in [1.82, 2.24) is 15.1 Å². The van der Waals surface area contributed by atoms with Crippen LogP contribution in [0.5, 0.6) is 0 Å². The predicted molar refractivity (Wildman–Crippen MR) is 78.1 cm³/mol. The summed E-state index contributed by atoms with van der Waals surface area (Å²) < 4.78 is 0. The highest BCUT2D eigenvalue weighted by Crippen LogP contribution is 2.22. The lowest BCUT2D eigenvalue weighted by molar-refractivity contribution is -0.137. The summed E-state index contributed by atoms with van der Waals surface area (Å²) in [6.07, 6.45) is 4.30. The Bertz CT molecular complexity index is 317. The van der Waals surface area contributed by atoms with E-state index in [1.54, 1.807) is 0 Å². The molecule has 0 aliphatic carbocycles. The number of likely N-dealkylation sites (tertiary alicyclic amines) is 1. The van der Waals surface area contributed by atoms with Gasteiger partial charge >= 0.3 is 0 Å². The van der Waals surface area contributed by atoms with Gasteiger partial charge in [0.1, 0.15) is 0 Å². The molecule has 1 amide bonds. The number of hydrogen-bond donors (Lipinski definition) is 1. The van der Waals surface area contributed by atoms with E-state index in [2.05, 4.69) is 36.0 Å². The molecule has 1 unspecified atom stereocenters. The Hall–Kier alpha value is -0.610. The van der Waals surface area contributed by atoms with E-state index in [0.717, 1.165) is 38.4 Å². The highest BCUT2D eigenvalue weighted by atomic mass is 16.2. The lowest BCUT2D eigenvalue weighted by Gasteiger charge is -2.43. The highest BCUT2D eigenvalue weighted by Gasteiger charge is 2.32. The second-order valence-corrected chi connectivity index (χ2v) is 6.84. The zero-order valence-electron chi connectivity index (χ0n) is 12.7. The van der Waals surface area contributed by atoms with Crippen LogP contribution in [0.4, 0.5) is 0 Å². The predicted octanol–water partition coefficient (Wildman–Crippen LogP) is 1.32. The van der Waals surface area contributed by atoms with Crippen LogP contribution in [0.1, 0.15) is 39.5 Å². The first-order chi connectivity index (χ1) is 8.99. The van der Waals surface area contributed by atoms with E-state index in [1.165, 1.54) is 25.9 Å². The molecule has 19 heavy (non-hydrogen) atoms. The minimum atomic E-state index is -0.0249. The van der Waals surface area contributed by atoms with Crippen molar-refractivity contribution in [2.75, 3.05) is 39.8 Å². The Morgan fingerprint density at radius 3 is 2.79 bits per heavy atom. The lowest BCUT2D eigenvalue weighted by atomic mass is 9.97. The molecule has 1 N–H and O–H groups in total. The van der Waals surface area contributed by atoms with Crippen molar-refractivity contribution < 1.29 is 4.79 Å². The van der Waals surface area contributed by atoms with Crippen LogP contribution in [0.2, 0.25) is 0 Å². The highest BCUT2D eigenvalue weighted by molar-refractivity contribution is 5.77. The molecule has 2 aliphatic rings. The molecule has 0 aromatic rings. The summed E-state index contributed by atoms with van der Waals surface area (Å²) in [5, 5.41) is 3.37. The SMILES string of the molecule is CN1CCC(CCCC(=O)N2CCNCC2(C)C)C1. The third kappa shape index (κ3) is 3.93. The van der Waals surface area contributed by atoms with Crippen LogP contribution in [0.3, 0.4) is 0 Å². The Morgan fingerprint density at radius 1 is 1.37 bits per heavy atom. The number of hydrogen-bond acceptors (Lipinski definition) is 3. The number of nitrogens with zero attached hydrogens (tertiary/aromatic N) is 2. The summed E-state index contributed by atoms with van der Waals surface area (Å²) in [5.41, 5.74) is -0.0249. The maximum Gasteiger partial charge on any atom is 0.223 e. The molecule has 2 saturated heterocycles. The molecular formula is C15H29N3O. The normalized spacial score (nSPS) is 27.7. The molecule has 2 aliphatic heterocycles. The van der Waals surface area contributed by atoms with Gasteiger partial charge in [-0.05, 0) is 52.6 Å². The summed E-state index contributed by atoms with van der Waals surface area (Å²) in [5.74, 6) is 1.16. The van der Waals surface area contributed by atoms with Gasteiger partial charge in [-0.25, -0.2) is 0 Å². The summed E-state index contributed by atoms with van der Waals surface area (Å²) in [7, 11) is 2.19. The first-order valence-electron chi connectivity index (χ1n) is 7.69. The van der Waals surface area contributed by atoms with Gasteiger partial charge in [-0.15, -0.1) is 0 Å². The van der Waals surface area contributed by atoms with Crippen molar-refractivity contribution in [2.45, 2.75) is 45.1 Å². The first-order valence-corrected chi connectivity index (χ1v) is 7.69. The van der Waals surface area contributed by atoms with Crippen molar-refractivity contribution >= 4 is 5.91 Å². The van der Waals surface area contributed by atoms with Crippen molar-refractivity contribution in [3.05, 3.63) is 0 Å². The van der Waals surface area contributed by atoms with Gasteiger partial charge in [-0.3, -0.25) is 4.79 Å². The number of carbonyl (C=O) groups excluding carboxylic acids is 1. The molecule has 4 heteroatoms. The fraction of sp³-hybridized carbons (Fsp3) is 0.933. The maximum absolute atomic E-state index is 12.3. The fourth-order valence-corrected chi connectivity index (χ4v) is 3.38. The van der Waals surface area contributed by atoms with E-state index in [9.17, 15) is 4.79 Å². The van der Waals surface area contributed by atoms with Gasteiger partial charge in [-0.2, -0.15) is 0 Å². The van der Waals surface area contributed by atoms with E-state index in [0.29, 0.717) is 5.91 Å². The summed E-state index contributed by atoms with van der Waals surface area (Å²) in [4.78, 5) is 16.8. The smallest absolute Gasteiger partial charge is 0.223 e. The van der Waals surface area contributed by atoms with Gasteiger partial charge in [0.15, 0.2) is 0 Å². The van der Waals surface area contributed by atoms with Crippen LogP contribution in [-0.4, -0.2) is 61.0 Å². The van der Waals surface area contributed by atoms with Crippen LogP contribution >= 0.6 is 0 Å². The van der Waals surface area contributed by atoms with Crippen LogP contribution < -0.4 is 5.32 Å². The van der Waals surface area contributed by atoms with E-state index >= 15 is 0 Å². The molecular weight excluding hydrogens is 238 g/mol. The third-order valence-electron chi connectivity index (χ3n) is 4.59. The fourth-order valence-electron chi connectivity index (χ4n) is 3.38. The Balaban J connectivity index is 1.71. The summed E-state index contributed by atoms with van der Waals surface area (Å²) in [6.45, 7) is 9.45. The Kier molecular flexibility index (Phi) is 4.85. The summed E-state index contributed by atoms with van der Waals surface area (Å²) in [6, 6.07) is 0. The van der Waals surface area contributed by atoms with E-state index < -0.39 is 0 Å². The Labute approximate surface area is 117 Å². The van der Waals surface area contributed by atoms with Gasteiger partial charge < -0.3 is 15.1 Å². The Morgan fingerprint density at radius 2 is 2.16 bits per heavy atom. The van der Waals surface area contributed by atoms with Crippen molar-refractivity contribution in [3.63, 3.8) is 0 Å². The average molecular weight is 267 g/mol. The minimum Gasteiger partial charge on any atom is -0.335 e. The third-order valence-corrected chi connectivity index (χ3v) is 4.59. The zero-order valence-corrected chi connectivity index (χ0v) is 12.7. The number of amides is 1. The first kappa shape index (κ1) is 14.8. The molecule has 2 rings (SSSR count). The molecule has 0 aromatic carbocycles. The van der Waals surface area contributed by atoms with Crippen LogP contribution in [-0.2, 0) is 4.79 Å². The van der Waals surface area contributed by atoms with Gasteiger partial charge in [0.2, 0.25) is 5.91 Å². The average Bonchev–Trinajstić information content (AvgIpc) is 2.74. The molecule has 4 nitrogen and oxygen atoms in total. The van der Waals surface area contributed by atoms with Gasteiger partial charge in [-0.1, -0.05) is 0 Å². The van der Waals surface area contributed by atoms with Crippen molar-refractivity contribution in [1.29, 1.82) is 0 Å². The van der Waals surface area contributed by atoms with E-state index in [-0.39, 0.29) is 5.54 Å². The molecule has 1 atom stereocenters. The van der Waals surface area contributed by atoms with Gasteiger partial charge in [0.05, 0.1) is 0 Å². The number of carbonyl (C=O) groups is 1. The zero-order chi connectivity index (χ0) is 13.9. The lowest BCUT2D eigenvalue weighted by Crippen LogP contribution is -2.59. The topological polar surface area (TPSA) is 35.6 Å². The maximum atomic E-state index is 12.3.